The molecule has 0 radical (unpaired) electrons. The first kappa shape index (κ1) is 27.9. The fraction of sp³-hybridized carbons (Fsp3) is 0.323. The van der Waals surface area contributed by atoms with Crippen molar-refractivity contribution >= 4 is 40.4 Å². The van der Waals surface area contributed by atoms with Crippen LogP contribution in [0.25, 0.3) is 0 Å². The van der Waals surface area contributed by atoms with Gasteiger partial charge in [-0.05, 0) is 49.2 Å². The van der Waals surface area contributed by atoms with Gasteiger partial charge in [0.1, 0.15) is 10.7 Å². The monoisotopic (exact) mass is 575 g/mol. The third-order valence-electron chi connectivity index (χ3n) is 7.27. The minimum absolute atomic E-state index is 0.0352. The lowest BCUT2D eigenvalue weighted by Crippen LogP contribution is -2.49. The van der Waals surface area contributed by atoms with Crippen LogP contribution < -0.4 is 4.90 Å². The number of hydrogen-bond donors (Lipinski definition) is 0. The number of benzene rings is 2. The fourth-order valence-electron chi connectivity index (χ4n) is 5.10. The number of hydrogen-bond acceptors (Lipinski definition) is 5. The van der Waals surface area contributed by atoms with Gasteiger partial charge in [-0.3, -0.25) is 9.59 Å². The van der Waals surface area contributed by atoms with Crippen LogP contribution >= 0.6 is 22.9 Å². The van der Waals surface area contributed by atoms with Gasteiger partial charge in [-0.25, -0.2) is 4.98 Å². The minimum atomic E-state index is -0.0352. The van der Waals surface area contributed by atoms with Gasteiger partial charge >= 0.3 is 0 Å². The Morgan fingerprint density at radius 3 is 2.50 bits per heavy atom. The molecule has 0 spiro atoms. The molecule has 1 fully saturated rings. The van der Waals surface area contributed by atoms with Crippen molar-refractivity contribution in [1.82, 2.24) is 19.4 Å². The van der Waals surface area contributed by atoms with E-state index < -0.39 is 0 Å². The number of amides is 2. The number of rotatable bonds is 9. The van der Waals surface area contributed by atoms with Crippen molar-refractivity contribution in [1.29, 1.82) is 0 Å². The molecule has 0 atom stereocenters. The molecule has 2 aromatic carbocycles. The van der Waals surface area contributed by atoms with Gasteiger partial charge in [0.25, 0.3) is 11.8 Å². The maximum atomic E-state index is 13.4. The van der Waals surface area contributed by atoms with E-state index in [-0.39, 0.29) is 11.8 Å². The van der Waals surface area contributed by atoms with Gasteiger partial charge in [0.05, 0.1) is 23.8 Å². The zero-order valence-electron chi connectivity index (χ0n) is 22.9. The van der Waals surface area contributed by atoms with Crippen LogP contribution in [0.15, 0.2) is 72.2 Å². The lowest BCUT2D eigenvalue weighted by Gasteiger charge is -2.36. The van der Waals surface area contributed by atoms with Gasteiger partial charge in [0.15, 0.2) is 0 Å². The molecule has 208 valence electrons. The van der Waals surface area contributed by atoms with E-state index in [1.54, 1.807) is 0 Å². The zero-order chi connectivity index (χ0) is 28.1. The summed E-state index contributed by atoms with van der Waals surface area (Å²) >= 11 is 7.86. The zero-order valence-corrected chi connectivity index (χ0v) is 24.5. The Labute approximate surface area is 244 Å². The van der Waals surface area contributed by atoms with Crippen molar-refractivity contribution in [2.24, 2.45) is 0 Å². The fourth-order valence-corrected chi connectivity index (χ4v) is 6.12. The topological polar surface area (TPSA) is 61.7 Å². The molecule has 0 N–H and O–H groups in total. The normalized spacial score (nSPS) is 13.5. The van der Waals surface area contributed by atoms with Crippen molar-refractivity contribution in [3.05, 3.63) is 105 Å². The number of thiazole rings is 1. The number of anilines is 1. The summed E-state index contributed by atoms with van der Waals surface area (Å²) in [6, 6.07) is 19.6. The van der Waals surface area contributed by atoms with Crippen LogP contribution in [0, 0.1) is 6.92 Å². The number of halogens is 1. The maximum absolute atomic E-state index is 13.4. The number of nitrogens with zero attached hydrogens (tertiary/aromatic N) is 5. The predicted molar refractivity (Wildman–Crippen MR) is 161 cm³/mol. The maximum Gasteiger partial charge on any atom is 0.273 e. The lowest BCUT2D eigenvalue weighted by atomic mass is 10.1. The van der Waals surface area contributed by atoms with Gasteiger partial charge < -0.3 is 19.3 Å². The van der Waals surface area contributed by atoms with Gasteiger partial charge in [-0.2, -0.15) is 0 Å². The molecule has 4 aromatic rings. The van der Waals surface area contributed by atoms with E-state index in [0.717, 1.165) is 52.0 Å². The molecular formula is C31H34ClN5O2S. The second-order valence-corrected chi connectivity index (χ2v) is 11.4. The summed E-state index contributed by atoms with van der Waals surface area (Å²) in [7, 11) is 0. The highest BCUT2D eigenvalue weighted by Crippen LogP contribution is 2.26. The van der Waals surface area contributed by atoms with E-state index in [0.29, 0.717) is 38.4 Å². The number of aromatic nitrogens is 2. The summed E-state index contributed by atoms with van der Waals surface area (Å²) in [6.07, 6.45) is 2.89. The van der Waals surface area contributed by atoms with Crippen molar-refractivity contribution in [3.8, 4) is 0 Å². The van der Waals surface area contributed by atoms with E-state index in [1.807, 2.05) is 89.0 Å². The summed E-state index contributed by atoms with van der Waals surface area (Å²) in [5, 5.41) is 3.45. The molecule has 2 amide bonds. The third-order valence-corrected chi connectivity index (χ3v) is 8.42. The molecular weight excluding hydrogens is 542 g/mol. The Hall–Kier alpha value is -3.62. The van der Waals surface area contributed by atoms with Gasteiger partial charge in [-0.15, -0.1) is 11.3 Å². The molecule has 1 aliphatic heterocycles. The van der Waals surface area contributed by atoms with Gasteiger partial charge in [0, 0.05) is 55.6 Å². The molecule has 0 unspecified atom stereocenters. The molecule has 40 heavy (non-hydrogen) atoms. The molecule has 9 heteroatoms. The Morgan fingerprint density at radius 2 is 1.75 bits per heavy atom. The average Bonchev–Trinajstić information content (AvgIpc) is 3.62. The molecule has 0 saturated carbocycles. The summed E-state index contributed by atoms with van der Waals surface area (Å²) in [5.41, 5.74) is 4.25. The standard InChI is InChI=1S/C31H34ClN5O2S/c1-3-14-37(30(38)25-11-5-4-9-23(25)2)20-24-10-8-15-36(24)21-29-33-27(22-40-29)31(39)35-18-16-34(17-19-35)28-13-7-6-12-26(28)32/h4-13,15,22H,3,14,16-21H2,1-2H3. The Morgan fingerprint density at radius 1 is 1.00 bits per heavy atom. The van der Waals surface area contributed by atoms with Gasteiger partial charge in [-0.1, -0.05) is 48.9 Å². The largest absolute Gasteiger partial charge is 0.367 e. The number of carbonyl (C=O) groups excluding carboxylic acids is 2. The van der Waals surface area contributed by atoms with Crippen LogP contribution in [0.4, 0.5) is 5.69 Å². The second kappa shape index (κ2) is 12.7. The number of piperazine rings is 1. The van der Waals surface area contributed by atoms with E-state index in [4.69, 9.17) is 16.6 Å². The summed E-state index contributed by atoms with van der Waals surface area (Å²) in [4.78, 5) is 37.3. The van der Waals surface area contributed by atoms with Crippen LogP contribution in [0.3, 0.4) is 0 Å². The highest BCUT2D eigenvalue weighted by atomic mass is 35.5. The molecule has 1 aliphatic rings. The first-order valence-corrected chi connectivity index (χ1v) is 14.9. The van der Waals surface area contributed by atoms with E-state index >= 15 is 0 Å². The summed E-state index contributed by atoms with van der Waals surface area (Å²) in [5.74, 6) is 0.0106. The lowest BCUT2D eigenvalue weighted by molar-refractivity contribution is 0.0732. The van der Waals surface area contributed by atoms with Gasteiger partial charge in [0.2, 0.25) is 0 Å². The molecule has 5 rings (SSSR count). The summed E-state index contributed by atoms with van der Waals surface area (Å²) < 4.78 is 2.11. The highest BCUT2D eigenvalue weighted by Gasteiger charge is 2.25. The van der Waals surface area contributed by atoms with Crippen molar-refractivity contribution in [3.63, 3.8) is 0 Å². The Bertz CT molecular complexity index is 1470. The predicted octanol–water partition coefficient (Wildman–Crippen LogP) is 5.97. The van der Waals surface area contributed by atoms with Crippen LogP contribution in [-0.2, 0) is 13.1 Å². The average molecular weight is 576 g/mol. The van der Waals surface area contributed by atoms with Crippen LogP contribution in [0.1, 0.15) is 50.5 Å². The van der Waals surface area contributed by atoms with Crippen LogP contribution in [-0.4, -0.2) is 63.9 Å². The molecule has 0 bridgehead atoms. The Balaban J connectivity index is 1.22. The van der Waals surface area contributed by atoms with Crippen molar-refractivity contribution in [2.75, 3.05) is 37.6 Å². The van der Waals surface area contributed by atoms with Crippen LogP contribution in [0.2, 0.25) is 5.02 Å². The third kappa shape index (κ3) is 6.24. The molecule has 0 aliphatic carbocycles. The Kier molecular flexibility index (Phi) is 8.87. The number of para-hydroxylation sites is 1. The number of aryl methyl sites for hydroxylation is 1. The first-order chi connectivity index (χ1) is 19.4. The second-order valence-electron chi connectivity index (χ2n) is 10.0. The van der Waals surface area contributed by atoms with E-state index in [1.165, 1.54) is 11.3 Å². The van der Waals surface area contributed by atoms with Crippen LogP contribution in [0.5, 0.6) is 0 Å². The van der Waals surface area contributed by atoms with E-state index in [9.17, 15) is 9.59 Å². The number of carbonyl (C=O) groups is 2. The molecule has 7 nitrogen and oxygen atoms in total. The minimum Gasteiger partial charge on any atom is -0.367 e. The first-order valence-electron chi connectivity index (χ1n) is 13.7. The summed E-state index contributed by atoms with van der Waals surface area (Å²) in [6.45, 7) is 8.52. The van der Waals surface area contributed by atoms with Crippen molar-refractivity contribution in [2.45, 2.75) is 33.4 Å². The quantitative estimate of drug-likeness (QED) is 0.247. The van der Waals surface area contributed by atoms with Crippen molar-refractivity contribution < 1.29 is 9.59 Å². The molecule has 2 aromatic heterocycles. The molecule has 3 heterocycles. The smallest absolute Gasteiger partial charge is 0.273 e. The SMILES string of the molecule is CCCN(Cc1cccn1Cc1nc(C(=O)N2CCN(c3ccccc3Cl)CC2)cs1)C(=O)c1ccccc1C. The highest BCUT2D eigenvalue weighted by molar-refractivity contribution is 7.09. The molecule has 1 saturated heterocycles. The van der Waals surface area contributed by atoms with E-state index in [2.05, 4.69) is 16.4 Å².